The van der Waals surface area contributed by atoms with E-state index in [9.17, 15) is 4.79 Å². The summed E-state index contributed by atoms with van der Waals surface area (Å²) < 4.78 is 3.47. The summed E-state index contributed by atoms with van der Waals surface area (Å²) >= 11 is 0. The molecule has 0 atom stereocenters. The fourth-order valence-corrected chi connectivity index (χ4v) is 3.20. The van der Waals surface area contributed by atoms with Gasteiger partial charge in [0.25, 0.3) is 5.56 Å². The predicted octanol–water partition coefficient (Wildman–Crippen LogP) is 2.83. The summed E-state index contributed by atoms with van der Waals surface area (Å²) in [5, 5.41) is 4.26. The fraction of sp³-hybridized carbons (Fsp3) is 0.500. The molecule has 1 aliphatic rings. The van der Waals surface area contributed by atoms with Crippen molar-refractivity contribution in [2.24, 2.45) is 14.1 Å². The molecule has 0 unspecified atom stereocenters. The van der Waals surface area contributed by atoms with Crippen molar-refractivity contribution in [3.8, 4) is 11.1 Å². The first-order valence-electron chi connectivity index (χ1n) is 7.35. The third-order valence-corrected chi connectivity index (χ3v) is 4.32. The third-order valence-electron chi connectivity index (χ3n) is 4.32. The highest BCUT2D eigenvalue weighted by Crippen LogP contribution is 2.37. The molecule has 0 saturated heterocycles. The summed E-state index contributed by atoms with van der Waals surface area (Å²) in [5.74, 6) is 0.521. The van der Waals surface area contributed by atoms with Crippen LogP contribution in [-0.2, 0) is 14.1 Å². The van der Waals surface area contributed by atoms with E-state index >= 15 is 0 Å². The van der Waals surface area contributed by atoms with Crippen LogP contribution >= 0.6 is 0 Å². The maximum absolute atomic E-state index is 12.0. The van der Waals surface area contributed by atoms with Crippen molar-refractivity contribution < 1.29 is 0 Å². The number of hydrogen-bond donors (Lipinski definition) is 0. The van der Waals surface area contributed by atoms with Crippen LogP contribution in [0.5, 0.6) is 0 Å². The molecule has 106 valence electrons. The van der Waals surface area contributed by atoms with Crippen molar-refractivity contribution in [1.82, 2.24) is 14.3 Å². The Morgan fingerprint density at radius 2 is 1.90 bits per heavy atom. The van der Waals surface area contributed by atoms with Crippen LogP contribution in [0.25, 0.3) is 11.1 Å². The van der Waals surface area contributed by atoms with E-state index in [0.29, 0.717) is 5.92 Å². The van der Waals surface area contributed by atoms with Gasteiger partial charge in [-0.15, -0.1) is 0 Å². The minimum absolute atomic E-state index is 0.0817. The number of aryl methyl sites for hydroxylation is 2. The van der Waals surface area contributed by atoms with Crippen LogP contribution in [0.3, 0.4) is 0 Å². The van der Waals surface area contributed by atoms with Crippen LogP contribution in [0.2, 0.25) is 0 Å². The van der Waals surface area contributed by atoms with E-state index in [4.69, 9.17) is 0 Å². The lowest BCUT2D eigenvalue weighted by Gasteiger charge is -2.24. The minimum atomic E-state index is 0.0817. The molecule has 0 spiro atoms. The van der Waals surface area contributed by atoms with Gasteiger partial charge >= 0.3 is 0 Å². The van der Waals surface area contributed by atoms with Gasteiger partial charge in [-0.25, -0.2) is 0 Å². The van der Waals surface area contributed by atoms with E-state index in [1.165, 1.54) is 37.7 Å². The van der Waals surface area contributed by atoms with Gasteiger partial charge in [-0.3, -0.25) is 9.48 Å². The van der Waals surface area contributed by atoms with E-state index in [0.717, 1.165) is 11.1 Å². The molecular formula is C16H21N3O. The lowest BCUT2D eigenvalue weighted by Crippen LogP contribution is -2.18. The zero-order valence-electron chi connectivity index (χ0n) is 12.2. The first-order valence-corrected chi connectivity index (χ1v) is 7.35. The van der Waals surface area contributed by atoms with Crippen molar-refractivity contribution in [2.45, 2.75) is 38.0 Å². The molecule has 20 heavy (non-hydrogen) atoms. The molecule has 0 amide bonds. The van der Waals surface area contributed by atoms with Crippen LogP contribution in [0, 0.1) is 0 Å². The molecule has 2 heterocycles. The highest BCUT2D eigenvalue weighted by atomic mass is 16.1. The Kier molecular flexibility index (Phi) is 3.47. The first-order chi connectivity index (χ1) is 9.65. The third kappa shape index (κ3) is 2.42. The smallest absolute Gasteiger partial charge is 0.250 e. The van der Waals surface area contributed by atoms with Crippen LogP contribution in [0.1, 0.15) is 43.6 Å². The molecule has 1 fully saturated rings. The summed E-state index contributed by atoms with van der Waals surface area (Å²) in [6.07, 6.45) is 12.1. The van der Waals surface area contributed by atoms with E-state index in [-0.39, 0.29) is 5.56 Å². The zero-order valence-corrected chi connectivity index (χ0v) is 12.2. The minimum Gasteiger partial charge on any atom is -0.318 e. The molecule has 0 aromatic carbocycles. The molecule has 0 N–H and O–H groups in total. The SMILES string of the molecule is Cn1cc(-c2cn(C)c(=O)cc2C2CCCCC2)cn1. The van der Waals surface area contributed by atoms with Gasteiger partial charge in [-0.05, 0) is 24.3 Å². The summed E-state index contributed by atoms with van der Waals surface area (Å²) in [6, 6.07) is 1.83. The Balaban J connectivity index is 2.11. The second-order valence-electron chi connectivity index (χ2n) is 5.83. The largest absolute Gasteiger partial charge is 0.318 e. The summed E-state index contributed by atoms with van der Waals surface area (Å²) in [4.78, 5) is 12.0. The molecule has 1 saturated carbocycles. The molecule has 4 nitrogen and oxygen atoms in total. The van der Waals surface area contributed by atoms with Gasteiger partial charge in [0, 0.05) is 43.7 Å². The van der Waals surface area contributed by atoms with E-state index in [1.807, 2.05) is 43.4 Å². The van der Waals surface area contributed by atoms with Crippen molar-refractivity contribution in [3.05, 3.63) is 40.6 Å². The molecular weight excluding hydrogens is 250 g/mol. The summed E-state index contributed by atoms with van der Waals surface area (Å²) in [7, 11) is 3.73. The monoisotopic (exact) mass is 271 g/mol. The van der Waals surface area contributed by atoms with Gasteiger partial charge in [0.1, 0.15) is 0 Å². The number of hydrogen-bond acceptors (Lipinski definition) is 2. The molecule has 3 rings (SSSR count). The predicted molar refractivity (Wildman–Crippen MR) is 79.7 cm³/mol. The maximum Gasteiger partial charge on any atom is 0.250 e. The van der Waals surface area contributed by atoms with Crippen LogP contribution < -0.4 is 5.56 Å². The highest BCUT2D eigenvalue weighted by Gasteiger charge is 2.20. The Morgan fingerprint density at radius 3 is 2.55 bits per heavy atom. The van der Waals surface area contributed by atoms with Gasteiger partial charge in [0.05, 0.1) is 6.20 Å². The van der Waals surface area contributed by atoms with Crippen LogP contribution in [0.15, 0.2) is 29.5 Å². The number of nitrogens with zero attached hydrogens (tertiary/aromatic N) is 3. The number of pyridine rings is 1. The standard InChI is InChI=1S/C16H21N3O/c1-18-11-15(13-9-17-19(2)10-13)14(8-16(18)20)12-6-4-3-5-7-12/h8-12H,3-7H2,1-2H3. The average molecular weight is 271 g/mol. The van der Waals surface area contributed by atoms with Gasteiger partial charge in [-0.2, -0.15) is 5.10 Å². The Bertz CT molecular complexity index is 663. The Morgan fingerprint density at radius 1 is 1.15 bits per heavy atom. The maximum atomic E-state index is 12.0. The number of rotatable bonds is 2. The van der Waals surface area contributed by atoms with Crippen molar-refractivity contribution in [3.63, 3.8) is 0 Å². The van der Waals surface area contributed by atoms with Crippen molar-refractivity contribution >= 4 is 0 Å². The molecule has 0 radical (unpaired) electrons. The normalized spacial score (nSPS) is 16.5. The van der Waals surface area contributed by atoms with E-state index in [2.05, 4.69) is 5.10 Å². The number of aromatic nitrogens is 3. The van der Waals surface area contributed by atoms with Gasteiger partial charge in [0.2, 0.25) is 0 Å². The lowest BCUT2D eigenvalue weighted by atomic mass is 9.82. The lowest BCUT2D eigenvalue weighted by molar-refractivity contribution is 0.443. The van der Waals surface area contributed by atoms with Crippen molar-refractivity contribution in [1.29, 1.82) is 0 Å². The molecule has 0 bridgehead atoms. The Labute approximate surface area is 119 Å². The van der Waals surface area contributed by atoms with E-state index < -0.39 is 0 Å². The van der Waals surface area contributed by atoms with Crippen LogP contribution in [0.4, 0.5) is 0 Å². The molecule has 0 aliphatic heterocycles. The first kappa shape index (κ1) is 13.2. The van der Waals surface area contributed by atoms with Gasteiger partial charge in [-0.1, -0.05) is 19.3 Å². The average Bonchev–Trinajstić information content (AvgIpc) is 2.89. The molecule has 1 aliphatic carbocycles. The van der Waals surface area contributed by atoms with E-state index in [1.54, 1.807) is 4.57 Å². The molecule has 2 aromatic rings. The second kappa shape index (κ2) is 5.27. The van der Waals surface area contributed by atoms with Gasteiger partial charge < -0.3 is 4.57 Å². The van der Waals surface area contributed by atoms with Crippen LogP contribution in [-0.4, -0.2) is 14.3 Å². The Hall–Kier alpha value is -1.84. The second-order valence-corrected chi connectivity index (χ2v) is 5.83. The van der Waals surface area contributed by atoms with Gasteiger partial charge in [0.15, 0.2) is 0 Å². The highest BCUT2D eigenvalue weighted by molar-refractivity contribution is 5.65. The molecule has 2 aromatic heterocycles. The topological polar surface area (TPSA) is 39.8 Å². The van der Waals surface area contributed by atoms with Crippen molar-refractivity contribution in [2.75, 3.05) is 0 Å². The fourth-order valence-electron chi connectivity index (χ4n) is 3.20. The zero-order chi connectivity index (χ0) is 14.1. The summed E-state index contributed by atoms with van der Waals surface area (Å²) in [6.45, 7) is 0. The quantitative estimate of drug-likeness (QED) is 0.842. The molecule has 4 heteroatoms. The summed E-state index contributed by atoms with van der Waals surface area (Å²) in [5.41, 5.74) is 3.55.